The number of nitrogens with zero attached hydrogens (tertiary/aromatic N) is 1. The molecular weight excluding hydrogens is 227 g/mol. The van der Waals surface area contributed by atoms with Crippen molar-refractivity contribution in [3.05, 3.63) is 24.0 Å². The zero-order valence-corrected chi connectivity index (χ0v) is 9.35. The van der Waals surface area contributed by atoms with Gasteiger partial charge in [-0.1, -0.05) is 0 Å². The number of halogens is 1. The Morgan fingerprint density at radius 3 is 2.94 bits per heavy atom. The lowest BCUT2D eigenvalue weighted by Crippen LogP contribution is -2.27. The minimum absolute atomic E-state index is 0.136. The van der Waals surface area contributed by atoms with Gasteiger partial charge in [-0.15, -0.1) is 0 Å². The number of ether oxygens (including phenoxy) is 2. The quantitative estimate of drug-likeness (QED) is 0.859. The highest BCUT2D eigenvalue weighted by atomic mass is 19.1. The average Bonchev–Trinajstić information content (AvgIpc) is 2.70. The van der Waals surface area contributed by atoms with Crippen molar-refractivity contribution in [1.82, 2.24) is 0 Å². The summed E-state index contributed by atoms with van der Waals surface area (Å²) in [7, 11) is 1.38. The van der Waals surface area contributed by atoms with E-state index in [9.17, 15) is 9.18 Å². The molecule has 0 bridgehead atoms. The Hall–Kier alpha value is -1.82. The van der Waals surface area contributed by atoms with Crippen LogP contribution in [-0.4, -0.2) is 32.4 Å². The summed E-state index contributed by atoms with van der Waals surface area (Å²) in [6.45, 7) is 0.585. The molecule has 1 aliphatic heterocycles. The van der Waals surface area contributed by atoms with E-state index in [4.69, 9.17) is 15.2 Å². The van der Waals surface area contributed by atoms with E-state index in [1.807, 2.05) is 0 Å². The number of amides is 1. The molecule has 1 aromatic carbocycles. The van der Waals surface area contributed by atoms with Crippen LogP contribution in [0.2, 0.25) is 0 Å². The Morgan fingerprint density at radius 2 is 2.41 bits per heavy atom. The van der Waals surface area contributed by atoms with Gasteiger partial charge < -0.3 is 15.2 Å². The summed E-state index contributed by atoms with van der Waals surface area (Å²) in [6, 6.07) is 4.30. The fourth-order valence-corrected chi connectivity index (χ4v) is 1.68. The van der Waals surface area contributed by atoms with Crippen LogP contribution in [-0.2, 0) is 4.74 Å². The van der Waals surface area contributed by atoms with Gasteiger partial charge in [-0.05, 0) is 12.1 Å². The molecule has 0 spiro atoms. The topological polar surface area (TPSA) is 64.8 Å². The molecule has 1 amide bonds. The molecule has 0 radical (unpaired) electrons. The van der Waals surface area contributed by atoms with Crippen molar-refractivity contribution in [2.24, 2.45) is 5.73 Å². The summed E-state index contributed by atoms with van der Waals surface area (Å²) < 4.78 is 23.3. The van der Waals surface area contributed by atoms with Gasteiger partial charge in [0.25, 0.3) is 0 Å². The molecule has 0 aliphatic carbocycles. The van der Waals surface area contributed by atoms with Gasteiger partial charge in [-0.25, -0.2) is 9.18 Å². The average molecular weight is 240 g/mol. The summed E-state index contributed by atoms with van der Waals surface area (Å²) in [5, 5.41) is 0. The SMILES string of the molecule is COc1ccc(N2CC(CN)OC2=O)cc1F. The van der Waals surface area contributed by atoms with Crippen molar-refractivity contribution in [2.75, 3.05) is 25.1 Å². The Kier molecular flexibility index (Phi) is 3.14. The number of methoxy groups -OCH3 is 1. The zero-order valence-electron chi connectivity index (χ0n) is 9.35. The van der Waals surface area contributed by atoms with Crippen molar-refractivity contribution in [3.8, 4) is 5.75 Å². The second kappa shape index (κ2) is 4.58. The molecule has 1 unspecified atom stereocenters. The van der Waals surface area contributed by atoms with Crippen molar-refractivity contribution in [2.45, 2.75) is 6.10 Å². The van der Waals surface area contributed by atoms with Crippen LogP contribution in [0, 0.1) is 5.82 Å². The molecule has 6 heteroatoms. The Labute approximate surface area is 97.9 Å². The van der Waals surface area contributed by atoms with Crippen LogP contribution in [0.5, 0.6) is 5.75 Å². The van der Waals surface area contributed by atoms with Crippen LogP contribution < -0.4 is 15.4 Å². The highest BCUT2D eigenvalue weighted by Crippen LogP contribution is 2.26. The van der Waals surface area contributed by atoms with Crippen molar-refractivity contribution in [1.29, 1.82) is 0 Å². The molecule has 1 fully saturated rings. The second-order valence-electron chi connectivity index (χ2n) is 3.67. The molecule has 1 aliphatic rings. The Balaban J connectivity index is 2.23. The third-order valence-electron chi connectivity index (χ3n) is 2.58. The number of rotatable bonds is 3. The number of cyclic esters (lactones) is 1. The van der Waals surface area contributed by atoms with Crippen molar-refractivity contribution >= 4 is 11.8 Å². The number of anilines is 1. The minimum atomic E-state index is -0.519. The van der Waals surface area contributed by atoms with Crippen LogP contribution in [0.25, 0.3) is 0 Å². The zero-order chi connectivity index (χ0) is 12.4. The Bertz CT molecular complexity index is 439. The van der Waals surface area contributed by atoms with Crippen molar-refractivity contribution < 1.29 is 18.7 Å². The highest BCUT2D eigenvalue weighted by Gasteiger charge is 2.31. The molecule has 2 N–H and O–H groups in total. The largest absolute Gasteiger partial charge is 0.494 e. The van der Waals surface area contributed by atoms with E-state index in [1.165, 1.54) is 24.1 Å². The lowest BCUT2D eigenvalue weighted by atomic mass is 10.2. The predicted molar refractivity (Wildman–Crippen MR) is 59.6 cm³/mol. The molecule has 1 atom stereocenters. The van der Waals surface area contributed by atoms with Gasteiger partial charge in [0.2, 0.25) is 0 Å². The van der Waals surface area contributed by atoms with E-state index in [0.29, 0.717) is 12.2 Å². The van der Waals surface area contributed by atoms with Gasteiger partial charge in [-0.3, -0.25) is 4.90 Å². The number of nitrogens with two attached hydrogens (primary N) is 1. The summed E-state index contributed by atoms with van der Waals surface area (Å²) in [5.41, 5.74) is 5.85. The molecule has 0 saturated carbocycles. The molecule has 0 aromatic heterocycles. The maximum Gasteiger partial charge on any atom is 0.414 e. The fraction of sp³-hybridized carbons (Fsp3) is 0.364. The lowest BCUT2D eigenvalue weighted by Gasteiger charge is -2.13. The number of hydrogen-bond donors (Lipinski definition) is 1. The van der Waals surface area contributed by atoms with E-state index in [0.717, 1.165) is 0 Å². The first-order valence-corrected chi connectivity index (χ1v) is 5.17. The standard InChI is InChI=1S/C11H13FN2O3/c1-16-10-3-2-7(4-9(10)12)14-6-8(5-13)17-11(14)15/h2-4,8H,5-6,13H2,1H3. The molecule has 92 valence electrons. The molecule has 5 nitrogen and oxygen atoms in total. The maximum absolute atomic E-state index is 13.5. The van der Waals surface area contributed by atoms with E-state index < -0.39 is 11.9 Å². The third kappa shape index (κ3) is 2.16. The second-order valence-corrected chi connectivity index (χ2v) is 3.67. The maximum atomic E-state index is 13.5. The first-order chi connectivity index (χ1) is 8.15. The third-order valence-corrected chi connectivity index (χ3v) is 2.58. The predicted octanol–water partition coefficient (Wildman–Crippen LogP) is 1.12. The lowest BCUT2D eigenvalue weighted by molar-refractivity contribution is 0.145. The summed E-state index contributed by atoms with van der Waals surface area (Å²) in [5.74, 6) is -0.384. The first-order valence-electron chi connectivity index (χ1n) is 5.17. The fourth-order valence-electron chi connectivity index (χ4n) is 1.68. The smallest absolute Gasteiger partial charge is 0.414 e. The van der Waals surface area contributed by atoms with E-state index in [1.54, 1.807) is 6.07 Å². The summed E-state index contributed by atoms with van der Waals surface area (Å²) in [6.07, 6.45) is -0.849. The van der Waals surface area contributed by atoms with E-state index in [2.05, 4.69) is 0 Å². The van der Waals surface area contributed by atoms with E-state index in [-0.39, 0.29) is 18.4 Å². The monoisotopic (exact) mass is 240 g/mol. The molecular formula is C11H13FN2O3. The molecule has 1 saturated heterocycles. The van der Waals surface area contributed by atoms with Crippen LogP contribution in [0.1, 0.15) is 0 Å². The van der Waals surface area contributed by atoms with Gasteiger partial charge in [-0.2, -0.15) is 0 Å². The molecule has 1 heterocycles. The number of hydrogen-bond acceptors (Lipinski definition) is 4. The van der Waals surface area contributed by atoms with E-state index >= 15 is 0 Å². The van der Waals surface area contributed by atoms with Gasteiger partial charge >= 0.3 is 6.09 Å². The number of carbonyl (C=O) groups is 1. The van der Waals surface area contributed by atoms with Crippen molar-refractivity contribution in [3.63, 3.8) is 0 Å². The van der Waals surface area contributed by atoms with Gasteiger partial charge in [0.15, 0.2) is 11.6 Å². The molecule has 2 rings (SSSR count). The van der Waals surface area contributed by atoms with Crippen LogP contribution in [0.15, 0.2) is 18.2 Å². The van der Waals surface area contributed by atoms with Gasteiger partial charge in [0.1, 0.15) is 6.10 Å². The highest BCUT2D eigenvalue weighted by molar-refractivity contribution is 5.89. The van der Waals surface area contributed by atoms with Crippen LogP contribution >= 0.6 is 0 Å². The Morgan fingerprint density at radius 1 is 1.65 bits per heavy atom. The van der Waals surface area contributed by atoms with Gasteiger partial charge in [0, 0.05) is 12.6 Å². The molecule has 1 aromatic rings. The number of benzene rings is 1. The van der Waals surface area contributed by atoms with Crippen LogP contribution in [0.3, 0.4) is 0 Å². The number of carbonyl (C=O) groups excluding carboxylic acids is 1. The molecule has 17 heavy (non-hydrogen) atoms. The summed E-state index contributed by atoms with van der Waals surface area (Å²) >= 11 is 0. The van der Waals surface area contributed by atoms with Crippen LogP contribution in [0.4, 0.5) is 14.9 Å². The normalized spacial score (nSPS) is 19.4. The van der Waals surface area contributed by atoms with Gasteiger partial charge in [0.05, 0.1) is 19.3 Å². The minimum Gasteiger partial charge on any atom is -0.494 e. The first kappa shape index (κ1) is 11.7. The summed E-state index contributed by atoms with van der Waals surface area (Å²) in [4.78, 5) is 12.9.